The number of benzene rings is 1. The van der Waals surface area contributed by atoms with E-state index in [-0.39, 0.29) is 6.04 Å². The van der Waals surface area contributed by atoms with E-state index in [1.54, 1.807) is 0 Å². The number of hydrogen-bond donors (Lipinski definition) is 1. The summed E-state index contributed by atoms with van der Waals surface area (Å²) >= 11 is 3.53. The first kappa shape index (κ1) is 15.3. The lowest BCUT2D eigenvalue weighted by molar-refractivity contribution is 0.221. The number of aryl methyl sites for hydroxylation is 2. The van der Waals surface area contributed by atoms with Gasteiger partial charge in [0, 0.05) is 17.1 Å². The number of nitrogens with zero attached hydrogens (tertiary/aromatic N) is 1. The molecule has 0 aliphatic heterocycles. The molecular weight excluding hydrogens is 316 g/mol. The van der Waals surface area contributed by atoms with Gasteiger partial charge in [0.25, 0.3) is 0 Å². The van der Waals surface area contributed by atoms with E-state index in [1.165, 1.54) is 11.1 Å². The quantitative estimate of drug-likeness (QED) is 0.903. The maximum Gasteiger partial charge on any atom is 0.118 e. The van der Waals surface area contributed by atoms with Gasteiger partial charge in [-0.05, 0) is 50.2 Å². The van der Waals surface area contributed by atoms with Gasteiger partial charge in [-0.15, -0.1) is 0 Å². The van der Waals surface area contributed by atoms with Crippen molar-refractivity contribution in [1.82, 2.24) is 4.90 Å². The third-order valence-corrected chi connectivity index (χ3v) is 4.41. The number of hydrogen-bond acceptors (Lipinski definition) is 3. The van der Waals surface area contributed by atoms with Gasteiger partial charge >= 0.3 is 0 Å². The average molecular weight is 337 g/mol. The van der Waals surface area contributed by atoms with Gasteiger partial charge in [-0.3, -0.25) is 4.90 Å². The molecule has 2 aromatic rings. The van der Waals surface area contributed by atoms with E-state index in [2.05, 4.69) is 53.0 Å². The molecule has 0 amide bonds. The Labute approximate surface area is 128 Å². The zero-order valence-corrected chi connectivity index (χ0v) is 13.8. The first-order chi connectivity index (χ1) is 9.51. The molecule has 1 heterocycles. The van der Waals surface area contributed by atoms with Crippen molar-refractivity contribution in [3.05, 3.63) is 57.5 Å². The van der Waals surface area contributed by atoms with Crippen molar-refractivity contribution in [3.63, 3.8) is 0 Å². The van der Waals surface area contributed by atoms with E-state index >= 15 is 0 Å². The summed E-state index contributed by atoms with van der Waals surface area (Å²) in [6.45, 7) is 5.39. The molecular formula is C16H21BrN2O. The molecule has 4 heteroatoms. The van der Waals surface area contributed by atoms with Crippen LogP contribution >= 0.6 is 15.9 Å². The number of furan rings is 1. The van der Waals surface area contributed by atoms with Crippen molar-refractivity contribution in [2.75, 3.05) is 13.6 Å². The van der Waals surface area contributed by atoms with Crippen LogP contribution in [0, 0.1) is 13.8 Å². The third kappa shape index (κ3) is 3.51. The van der Waals surface area contributed by atoms with Gasteiger partial charge in [-0.1, -0.05) is 28.1 Å². The smallest absolute Gasteiger partial charge is 0.118 e. The van der Waals surface area contributed by atoms with Crippen LogP contribution in [0.2, 0.25) is 0 Å². The van der Waals surface area contributed by atoms with Crippen LogP contribution in [0.25, 0.3) is 0 Å². The average Bonchev–Trinajstić information content (AvgIpc) is 2.80. The van der Waals surface area contributed by atoms with Gasteiger partial charge in [-0.25, -0.2) is 0 Å². The molecule has 1 atom stereocenters. The van der Waals surface area contributed by atoms with Crippen molar-refractivity contribution < 1.29 is 4.42 Å². The summed E-state index contributed by atoms with van der Waals surface area (Å²) in [6.07, 6.45) is 0. The Morgan fingerprint density at radius 2 is 2.00 bits per heavy atom. The second kappa shape index (κ2) is 6.57. The Hall–Kier alpha value is -1.10. The number of nitrogens with two attached hydrogens (primary N) is 1. The molecule has 0 aliphatic carbocycles. The molecule has 0 aliphatic rings. The molecule has 0 spiro atoms. The zero-order chi connectivity index (χ0) is 14.7. The normalized spacial score (nSPS) is 12.9. The Balaban J connectivity index is 2.16. The third-order valence-electron chi connectivity index (χ3n) is 3.52. The van der Waals surface area contributed by atoms with Gasteiger partial charge in [-0.2, -0.15) is 0 Å². The van der Waals surface area contributed by atoms with Crippen LogP contribution in [0.3, 0.4) is 0 Å². The second-order valence-corrected chi connectivity index (χ2v) is 6.04. The molecule has 0 saturated carbocycles. The van der Waals surface area contributed by atoms with Crippen molar-refractivity contribution >= 4 is 15.9 Å². The summed E-state index contributed by atoms with van der Waals surface area (Å²) in [6, 6.07) is 10.6. The van der Waals surface area contributed by atoms with Crippen LogP contribution < -0.4 is 5.73 Å². The lowest BCUT2D eigenvalue weighted by atomic mass is 10.0. The van der Waals surface area contributed by atoms with Crippen LogP contribution in [-0.4, -0.2) is 18.5 Å². The monoisotopic (exact) mass is 336 g/mol. The molecule has 3 nitrogen and oxygen atoms in total. The summed E-state index contributed by atoms with van der Waals surface area (Å²) in [5.41, 5.74) is 8.43. The van der Waals surface area contributed by atoms with Crippen molar-refractivity contribution in [3.8, 4) is 0 Å². The van der Waals surface area contributed by atoms with E-state index < -0.39 is 0 Å². The number of likely N-dealkylation sites (N-methyl/N-ethyl adjacent to an activating group) is 1. The summed E-state index contributed by atoms with van der Waals surface area (Å²) in [7, 11) is 2.08. The van der Waals surface area contributed by atoms with Crippen LogP contribution in [0.1, 0.15) is 28.7 Å². The molecule has 1 aromatic carbocycles. The lowest BCUT2D eigenvalue weighted by Gasteiger charge is -2.27. The first-order valence-electron chi connectivity index (χ1n) is 6.73. The van der Waals surface area contributed by atoms with Crippen molar-refractivity contribution in [1.29, 1.82) is 0 Å². The highest BCUT2D eigenvalue weighted by Crippen LogP contribution is 2.25. The summed E-state index contributed by atoms with van der Waals surface area (Å²) in [5.74, 6) is 1.91. The molecule has 2 N–H and O–H groups in total. The van der Waals surface area contributed by atoms with E-state index in [0.29, 0.717) is 6.54 Å². The topological polar surface area (TPSA) is 42.4 Å². The minimum atomic E-state index is 0.187. The molecule has 0 fully saturated rings. The fraction of sp³-hybridized carbons (Fsp3) is 0.375. The predicted octanol–water partition coefficient (Wildman–Crippen LogP) is 3.79. The van der Waals surface area contributed by atoms with Gasteiger partial charge in [0.15, 0.2) is 0 Å². The minimum absolute atomic E-state index is 0.187. The van der Waals surface area contributed by atoms with Gasteiger partial charge < -0.3 is 10.2 Å². The first-order valence-corrected chi connectivity index (χ1v) is 7.52. The van der Waals surface area contributed by atoms with Crippen molar-refractivity contribution in [2.45, 2.75) is 26.4 Å². The van der Waals surface area contributed by atoms with Gasteiger partial charge in [0.05, 0.1) is 6.54 Å². The summed E-state index contributed by atoms with van der Waals surface area (Å²) in [5, 5.41) is 0. The fourth-order valence-corrected chi connectivity index (χ4v) is 2.62. The number of halogens is 1. The molecule has 1 unspecified atom stereocenters. The highest BCUT2D eigenvalue weighted by atomic mass is 79.9. The Morgan fingerprint density at radius 3 is 2.55 bits per heavy atom. The van der Waals surface area contributed by atoms with Gasteiger partial charge in [0.2, 0.25) is 0 Å². The predicted molar refractivity (Wildman–Crippen MR) is 85.6 cm³/mol. The maximum atomic E-state index is 5.97. The zero-order valence-electron chi connectivity index (χ0n) is 12.2. The summed E-state index contributed by atoms with van der Waals surface area (Å²) in [4.78, 5) is 2.22. The highest BCUT2D eigenvalue weighted by molar-refractivity contribution is 9.10. The van der Waals surface area contributed by atoms with Crippen LogP contribution in [0.4, 0.5) is 0 Å². The lowest BCUT2D eigenvalue weighted by Crippen LogP contribution is -2.30. The fourth-order valence-electron chi connectivity index (χ4n) is 2.37. The Bertz CT molecular complexity index is 580. The van der Waals surface area contributed by atoms with Crippen LogP contribution in [0.15, 0.2) is 39.2 Å². The number of rotatable bonds is 5. The maximum absolute atomic E-state index is 5.97. The molecule has 20 heavy (non-hydrogen) atoms. The van der Waals surface area contributed by atoms with E-state index in [1.807, 2.05) is 19.1 Å². The molecule has 0 radical (unpaired) electrons. The minimum Gasteiger partial charge on any atom is -0.465 e. The van der Waals surface area contributed by atoms with E-state index in [9.17, 15) is 0 Å². The standard InChI is InChI=1S/C16H21BrN2O/c1-11-8-13(5-7-15(11)17)16(9-18)19(3)10-14-6-4-12(2)20-14/h4-8,16H,9-10,18H2,1-3H3. The Morgan fingerprint density at radius 1 is 1.25 bits per heavy atom. The van der Waals surface area contributed by atoms with Crippen molar-refractivity contribution in [2.24, 2.45) is 5.73 Å². The van der Waals surface area contributed by atoms with E-state index in [4.69, 9.17) is 10.2 Å². The van der Waals surface area contributed by atoms with Gasteiger partial charge in [0.1, 0.15) is 11.5 Å². The molecule has 1 aromatic heterocycles. The largest absolute Gasteiger partial charge is 0.465 e. The van der Waals surface area contributed by atoms with Crippen LogP contribution in [-0.2, 0) is 6.54 Å². The summed E-state index contributed by atoms with van der Waals surface area (Å²) < 4.78 is 6.76. The SMILES string of the molecule is Cc1ccc(CN(C)C(CN)c2ccc(Br)c(C)c2)o1. The molecule has 0 saturated heterocycles. The second-order valence-electron chi connectivity index (χ2n) is 5.19. The Kier molecular flexibility index (Phi) is 5.02. The molecule has 0 bridgehead atoms. The highest BCUT2D eigenvalue weighted by Gasteiger charge is 2.17. The molecule has 2 rings (SSSR count). The van der Waals surface area contributed by atoms with E-state index in [0.717, 1.165) is 22.5 Å². The van der Waals surface area contributed by atoms with Crippen LogP contribution in [0.5, 0.6) is 0 Å². The molecule has 108 valence electrons.